The molecule has 0 aliphatic carbocycles. The van der Waals surface area contributed by atoms with Crippen molar-refractivity contribution in [2.75, 3.05) is 13.7 Å². The Morgan fingerprint density at radius 2 is 1.78 bits per heavy atom. The van der Waals surface area contributed by atoms with Gasteiger partial charge in [0, 0.05) is 7.11 Å². The van der Waals surface area contributed by atoms with Gasteiger partial charge in [-0.25, -0.2) is 4.39 Å². The van der Waals surface area contributed by atoms with E-state index in [1.165, 1.54) is 0 Å². The average molecular weight is 252 g/mol. The van der Waals surface area contributed by atoms with E-state index in [0.29, 0.717) is 6.61 Å². The second-order valence-corrected chi connectivity index (χ2v) is 6.64. The quantitative estimate of drug-likeness (QED) is 0.751. The predicted octanol–water partition coefficient (Wildman–Crippen LogP) is 4.47. The van der Waals surface area contributed by atoms with Crippen molar-refractivity contribution in [3.63, 3.8) is 0 Å². The molecule has 1 aromatic carbocycles. The van der Waals surface area contributed by atoms with E-state index in [9.17, 15) is 4.39 Å². The average Bonchev–Trinajstić information content (AvgIpc) is 2.19. The highest BCUT2D eigenvalue weighted by molar-refractivity contribution is 5.30. The Labute approximate surface area is 110 Å². The molecule has 0 radical (unpaired) electrons. The first-order valence-corrected chi connectivity index (χ1v) is 6.43. The fraction of sp³-hybridized carbons (Fsp3) is 0.625. The third kappa shape index (κ3) is 3.81. The first kappa shape index (κ1) is 15.2. The van der Waals surface area contributed by atoms with E-state index in [2.05, 4.69) is 27.7 Å². The molecule has 0 saturated carbocycles. The summed E-state index contributed by atoms with van der Waals surface area (Å²) in [7, 11) is 1.71. The molecule has 2 heteroatoms. The molecule has 1 rings (SSSR count). The van der Waals surface area contributed by atoms with Crippen LogP contribution in [0.3, 0.4) is 0 Å². The van der Waals surface area contributed by atoms with Crippen LogP contribution in [0.1, 0.15) is 45.2 Å². The van der Waals surface area contributed by atoms with Crippen molar-refractivity contribution in [3.05, 3.63) is 35.1 Å². The van der Waals surface area contributed by atoms with Crippen LogP contribution in [0.5, 0.6) is 0 Å². The second kappa shape index (κ2) is 5.40. The summed E-state index contributed by atoms with van der Waals surface area (Å²) in [5.74, 6) is -0.112. The van der Waals surface area contributed by atoms with Crippen molar-refractivity contribution in [3.8, 4) is 0 Å². The van der Waals surface area contributed by atoms with E-state index < -0.39 is 0 Å². The normalized spacial score (nSPS) is 12.8. The summed E-state index contributed by atoms with van der Waals surface area (Å²) in [6.07, 6.45) is 0.883. The van der Waals surface area contributed by atoms with Crippen molar-refractivity contribution in [2.24, 2.45) is 5.41 Å². The van der Waals surface area contributed by atoms with Gasteiger partial charge in [-0.2, -0.15) is 0 Å². The number of ether oxygens (including phenoxy) is 1. The van der Waals surface area contributed by atoms with E-state index in [4.69, 9.17) is 4.74 Å². The van der Waals surface area contributed by atoms with Gasteiger partial charge >= 0.3 is 0 Å². The van der Waals surface area contributed by atoms with Crippen molar-refractivity contribution >= 4 is 0 Å². The topological polar surface area (TPSA) is 9.23 Å². The molecule has 0 fully saturated rings. The van der Waals surface area contributed by atoms with E-state index in [0.717, 1.165) is 17.5 Å². The Morgan fingerprint density at radius 3 is 2.33 bits per heavy atom. The minimum absolute atomic E-state index is 0.0361. The highest BCUT2D eigenvalue weighted by Crippen LogP contribution is 2.38. The number of aryl methyl sites for hydroxylation is 1. The molecule has 1 nitrogen and oxygen atoms in total. The summed E-state index contributed by atoms with van der Waals surface area (Å²) in [6.45, 7) is 11.2. The maximum atomic E-state index is 14.0. The monoisotopic (exact) mass is 252 g/mol. The van der Waals surface area contributed by atoms with Crippen LogP contribution in [-0.4, -0.2) is 13.7 Å². The van der Waals surface area contributed by atoms with E-state index >= 15 is 0 Å². The predicted molar refractivity (Wildman–Crippen MR) is 74.4 cm³/mol. The van der Waals surface area contributed by atoms with Gasteiger partial charge < -0.3 is 4.74 Å². The highest BCUT2D eigenvalue weighted by Gasteiger charge is 2.32. The molecule has 102 valence electrons. The number of hydrogen-bond donors (Lipinski definition) is 0. The number of rotatable bonds is 5. The Hall–Kier alpha value is -0.890. The van der Waals surface area contributed by atoms with Crippen LogP contribution in [0.15, 0.2) is 18.2 Å². The second-order valence-electron chi connectivity index (χ2n) is 6.64. The Balaban J connectivity index is 3.02. The first-order chi connectivity index (χ1) is 8.18. The summed E-state index contributed by atoms with van der Waals surface area (Å²) in [5, 5.41) is 0. The van der Waals surface area contributed by atoms with Gasteiger partial charge in [0.25, 0.3) is 0 Å². The fourth-order valence-corrected chi connectivity index (χ4v) is 2.89. The lowest BCUT2D eigenvalue weighted by atomic mass is 9.71. The Morgan fingerprint density at radius 1 is 1.17 bits per heavy atom. The van der Waals surface area contributed by atoms with Crippen molar-refractivity contribution in [1.82, 2.24) is 0 Å². The van der Waals surface area contributed by atoms with Crippen LogP contribution < -0.4 is 0 Å². The van der Waals surface area contributed by atoms with Crippen LogP contribution in [0.2, 0.25) is 0 Å². The minimum Gasteiger partial charge on any atom is -0.384 e. The molecule has 0 amide bonds. The summed E-state index contributed by atoms with van der Waals surface area (Å²) >= 11 is 0. The van der Waals surface area contributed by atoms with Crippen molar-refractivity contribution in [2.45, 2.75) is 46.5 Å². The van der Waals surface area contributed by atoms with Crippen molar-refractivity contribution < 1.29 is 9.13 Å². The smallest absolute Gasteiger partial charge is 0.126 e. The molecule has 18 heavy (non-hydrogen) atoms. The molecule has 0 saturated heterocycles. The minimum atomic E-state index is -0.196. The Bertz CT molecular complexity index is 408. The zero-order valence-corrected chi connectivity index (χ0v) is 12.4. The van der Waals surface area contributed by atoms with E-state index in [1.54, 1.807) is 13.2 Å². The van der Waals surface area contributed by atoms with Gasteiger partial charge in [0.1, 0.15) is 5.82 Å². The summed E-state index contributed by atoms with van der Waals surface area (Å²) < 4.78 is 19.2. The van der Waals surface area contributed by atoms with Crippen LogP contribution >= 0.6 is 0 Å². The molecule has 1 aromatic rings. The van der Waals surface area contributed by atoms with Crippen LogP contribution in [0.4, 0.5) is 4.39 Å². The third-order valence-corrected chi connectivity index (χ3v) is 3.31. The molecule has 0 N–H and O–H groups in total. The van der Waals surface area contributed by atoms with E-state index in [-0.39, 0.29) is 16.6 Å². The number of benzene rings is 1. The zero-order chi connectivity index (χ0) is 14.0. The SMILES string of the molecule is COCC(C)(C)CC(C)(C)c1cc(C)ccc1F. The lowest BCUT2D eigenvalue weighted by Gasteiger charge is -2.35. The first-order valence-electron chi connectivity index (χ1n) is 6.43. The molecule has 0 aromatic heterocycles. The number of halogens is 1. The van der Waals surface area contributed by atoms with Gasteiger partial charge in [-0.3, -0.25) is 0 Å². The zero-order valence-electron chi connectivity index (χ0n) is 12.4. The van der Waals surface area contributed by atoms with Gasteiger partial charge in [0.15, 0.2) is 0 Å². The van der Waals surface area contributed by atoms with Gasteiger partial charge in [-0.1, -0.05) is 45.4 Å². The van der Waals surface area contributed by atoms with Gasteiger partial charge in [0.2, 0.25) is 0 Å². The standard InChI is InChI=1S/C16H25FO/c1-12-7-8-14(17)13(9-12)16(4,5)10-15(2,3)11-18-6/h7-9H,10-11H2,1-6H3. The molecule has 0 unspecified atom stereocenters. The highest BCUT2D eigenvalue weighted by atomic mass is 19.1. The fourth-order valence-electron chi connectivity index (χ4n) is 2.89. The summed E-state index contributed by atoms with van der Waals surface area (Å²) in [5.41, 5.74) is 1.74. The number of methoxy groups -OCH3 is 1. The maximum absolute atomic E-state index is 14.0. The van der Waals surface area contributed by atoms with Gasteiger partial charge in [-0.05, 0) is 35.8 Å². The van der Waals surface area contributed by atoms with Crippen molar-refractivity contribution in [1.29, 1.82) is 0 Å². The molecule has 0 aliphatic heterocycles. The molecular weight excluding hydrogens is 227 g/mol. The molecule has 0 atom stereocenters. The molecular formula is C16H25FO. The van der Waals surface area contributed by atoms with Gasteiger partial charge in [-0.15, -0.1) is 0 Å². The molecule has 0 spiro atoms. The molecule has 0 bridgehead atoms. The van der Waals surface area contributed by atoms with E-state index in [1.807, 2.05) is 19.1 Å². The summed E-state index contributed by atoms with van der Waals surface area (Å²) in [4.78, 5) is 0. The van der Waals surface area contributed by atoms with Crippen LogP contribution in [-0.2, 0) is 10.2 Å². The lowest BCUT2D eigenvalue weighted by molar-refractivity contribution is 0.0825. The summed E-state index contributed by atoms with van der Waals surface area (Å²) in [6, 6.07) is 5.34. The lowest BCUT2D eigenvalue weighted by Crippen LogP contribution is -2.30. The Kier molecular flexibility index (Phi) is 4.55. The third-order valence-electron chi connectivity index (χ3n) is 3.31. The molecule has 0 aliphatic rings. The van der Waals surface area contributed by atoms with Crippen LogP contribution in [0, 0.1) is 18.2 Å². The maximum Gasteiger partial charge on any atom is 0.126 e. The van der Waals surface area contributed by atoms with Gasteiger partial charge in [0.05, 0.1) is 6.61 Å². The van der Waals surface area contributed by atoms with Crippen LogP contribution in [0.25, 0.3) is 0 Å². The largest absolute Gasteiger partial charge is 0.384 e. The number of hydrogen-bond acceptors (Lipinski definition) is 1. The molecule has 0 heterocycles.